The van der Waals surface area contributed by atoms with E-state index in [0.29, 0.717) is 24.1 Å². The van der Waals surface area contributed by atoms with Gasteiger partial charge in [-0.1, -0.05) is 26.0 Å². The van der Waals surface area contributed by atoms with Gasteiger partial charge in [0.05, 0.1) is 18.3 Å². The maximum absolute atomic E-state index is 13.8. The standard InChI is InChI=1S/C13H18FN3/c1-9(2)7-10-8-16-13(15)17(10)12-6-4-3-5-11(12)14/h3-6,9-10H,7-8H2,1-2H3,(H2,15,16). The normalized spacial score (nSPS) is 19.9. The zero-order valence-corrected chi connectivity index (χ0v) is 10.2. The smallest absolute Gasteiger partial charge is 0.196 e. The predicted molar refractivity (Wildman–Crippen MR) is 68.6 cm³/mol. The summed E-state index contributed by atoms with van der Waals surface area (Å²) in [6, 6.07) is 6.87. The van der Waals surface area contributed by atoms with Gasteiger partial charge in [0.15, 0.2) is 5.96 Å². The van der Waals surface area contributed by atoms with Gasteiger partial charge >= 0.3 is 0 Å². The lowest BCUT2D eigenvalue weighted by Crippen LogP contribution is -2.42. The molecule has 0 aliphatic carbocycles. The average molecular weight is 235 g/mol. The molecule has 1 atom stereocenters. The van der Waals surface area contributed by atoms with Crippen LogP contribution in [0.2, 0.25) is 0 Å². The molecule has 0 saturated heterocycles. The van der Waals surface area contributed by atoms with Gasteiger partial charge in [0.25, 0.3) is 0 Å². The molecule has 92 valence electrons. The Hall–Kier alpha value is -1.58. The number of halogens is 1. The summed E-state index contributed by atoms with van der Waals surface area (Å²) < 4.78 is 13.8. The number of anilines is 1. The van der Waals surface area contributed by atoms with E-state index >= 15 is 0 Å². The molecule has 2 N–H and O–H groups in total. The van der Waals surface area contributed by atoms with Crippen molar-refractivity contribution in [2.24, 2.45) is 16.6 Å². The molecule has 0 bridgehead atoms. The molecule has 0 aromatic heterocycles. The summed E-state index contributed by atoms with van der Waals surface area (Å²) in [4.78, 5) is 6.04. The maximum atomic E-state index is 13.8. The zero-order chi connectivity index (χ0) is 12.4. The summed E-state index contributed by atoms with van der Waals surface area (Å²) in [5.74, 6) is 0.706. The van der Waals surface area contributed by atoms with Crippen molar-refractivity contribution in [3.63, 3.8) is 0 Å². The highest BCUT2D eigenvalue weighted by Crippen LogP contribution is 2.26. The average Bonchev–Trinajstić information content (AvgIpc) is 2.60. The molecule has 1 aliphatic rings. The van der Waals surface area contributed by atoms with Crippen molar-refractivity contribution in [1.29, 1.82) is 0 Å². The van der Waals surface area contributed by atoms with E-state index in [0.717, 1.165) is 6.42 Å². The monoisotopic (exact) mass is 235 g/mol. The molecule has 1 aromatic rings. The van der Waals surface area contributed by atoms with Crippen LogP contribution in [0.1, 0.15) is 20.3 Å². The van der Waals surface area contributed by atoms with Gasteiger partial charge in [0, 0.05) is 0 Å². The van der Waals surface area contributed by atoms with Crippen LogP contribution in [0.15, 0.2) is 29.3 Å². The third kappa shape index (κ3) is 2.40. The summed E-state index contributed by atoms with van der Waals surface area (Å²) in [5.41, 5.74) is 6.38. The van der Waals surface area contributed by atoms with Crippen molar-refractivity contribution in [3.05, 3.63) is 30.1 Å². The summed E-state index contributed by atoms with van der Waals surface area (Å²) in [7, 11) is 0. The number of nitrogens with two attached hydrogens (primary N) is 1. The molecule has 1 heterocycles. The summed E-state index contributed by atoms with van der Waals surface area (Å²) in [6.07, 6.45) is 0.957. The topological polar surface area (TPSA) is 41.6 Å². The Balaban J connectivity index is 2.28. The van der Waals surface area contributed by atoms with Gasteiger partial charge < -0.3 is 10.6 Å². The van der Waals surface area contributed by atoms with Gasteiger partial charge in [-0.25, -0.2) is 4.39 Å². The Morgan fingerprint density at radius 1 is 1.47 bits per heavy atom. The SMILES string of the molecule is CC(C)CC1CN=C(N)N1c1ccccc1F. The lowest BCUT2D eigenvalue weighted by atomic mass is 10.0. The van der Waals surface area contributed by atoms with Crippen LogP contribution in [0, 0.1) is 11.7 Å². The quantitative estimate of drug-likeness (QED) is 0.874. The van der Waals surface area contributed by atoms with Gasteiger partial charge in [0.2, 0.25) is 0 Å². The molecule has 3 nitrogen and oxygen atoms in total. The van der Waals surface area contributed by atoms with Crippen LogP contribution < -0.4 is 10.6 Å². The molecule has 0 spiro atoms. The molecular formula is C13H18FN3. The van der Waals surface area contributed by atoms with Crippen molar-refractivity contribution < 1.29 is 4.39 Å². The maximum Gasteiger partial charge on any atom is 0.196 e. The summed E-state index contributed by atoms with van der Waals surface area (Å²) in [6.45, 7) is 4.94. The Labute approximate surface area is 101 Å². The first kappa shape index (κ1) is 11.9. The largest absolute Gasteiger partial charge is 0.370 e. The first-order valence-corrected chi connectivity index (χ1v) is 5.93. The van der Waals surface area contributed by atoms with Crippen LogP contribution in [0.25, 0.3) is 0 Å². The van der Waals surface area contributed by atoms with Crippen molar-refractivity contribution >= 4 is 11.6 Å². The first-order chi connectivity index (χ1) is 8.09. The Morgan fingerprint density at radius 3 is 2.82 bits per heavy atom. The molecule has 1 aliphatic heterocycles. The zero-order valence-electron chi connectivity index (χ0n) is 10.2. The van der Waals surface area contributed by atoms with Gasteiger partial charge in [-0.15, -0.1) is 0 Å². The van der Waals surface area contributed by atoms with Crippen molar-refractivity contribution in [2.45, 2.75) is 26.3 Å². The number of rotatable bonds is 3. The van der Waals surface area contributed by atoms with E-state index in [2.05, 4.69) is 18.8 Å². The fourth-order valence-corrected chi connectivity index (χ4v) is 2.24. The predicted octanol–water partition coefficient (Wildman–Crippen LogP) is 2.38. The van der Waals surface area contributed by atoms with E-state index in [4.69, 9.17) is 5.73 Å². The highest BCUT2D eigenvalue weighted by molar-refractivity contribution is 5.97. The molecule has 0 fully saturated rings. The van der Waals surface area contributed by atoms with Gasteiger partial charge in [-0.2, -0.15) is 0 Å². The Morgan fingerprint density at radius 2 is 2.18 bits per heavy atom. The highest BCUT2D eigenvalue weighted by Gasteiger charge is 2.29. The Bertz CT molecular complexity index is 428. The van der Waals surface area contributed by atoms with Crippen LogP contribution in [0.4, 0.5) is 10.1 Å². The molecular weight excluding hydrogens is 217 g/mol. The lowest BCUT2D eigenvalue weighted by molar-refractivity contribution is 0.507. The molecule has 0 amide bonds. The molecule has 1 unspecified atom stereocenters. The minimum absolute atomic E-state index is 0.173. The van der Waals surface area contributed by atoms with E-state index in [1.54, 1.807) is 12.1 Å². The van der Waals surface area contributed by atoms with Crippen LogP contribution in [0.3, 0.4) is 0 Å². The summed E-state index contributed by atoms with van der Waals surface area (Å²) in [5, 5.41) is 0. The molecule has 1 aromatic carbocycles. The van der Waals surface area contributed by atoms with E-state index < -0.39 is 0 Å². The minimum Gasteiger partial charge on any atom is -0.370 e. The van der Waals surface area contributed by atoms with Crippen molar-refractivity contribution in [1.82, 2.24) is 0 Å². The first-order valence-electron chi connectivity index (χ1n) is 5.93. The second-order valence-corrected chi connectivity index (χ2v) is 4.80. The molecule has 17 heavy (non-hydrogen) atoms. The number of hydrogen-bond acceptors (Lipinski definition) is 3. The van der Waals surface area contributed by atoms with E-state index in [1.165, 1.54) is 6.07 Å². The number of aliphatic imine (C=N–C) groups is 1. The third-order valence-corrected chi connectivity index (χ3v) is 2.93. The number of nitrogens with zero attached hydrogens (tertiary/aromatic N) is 2. The minimum atomic E-state index is -0.249. The summed E-state index contributed by atoms with van der Waals surface area (Å²) >= 11 is 0. The van der Waals surface area contributed by atoms with Crippen molar-refractivity contribution in [2.75, 3.05) is 11.4 Å². The number of guanidine groups is 1. The van der Waals surface area contributed by atoms with Crippen LogP contribution in [-0.2, 0) is 0 Å². The lowest BCUT2D eigenvalue weighted by Gasteiger charge is -2.27. The fraction of sp³-hybridized carbons (Fsp3) is 0.462. The highest BCUT2D eigenvalue weighted by atomic mass is 19.1. The molecule has 4 heteroatoms. The Kier molecular flexibility index (Phi) is 3.31. The number of hydrogen-bond donors (Lipinski definition) is 1. The molecule has 0 saturated carbocycles. The van der Waals surface area contributed by atoms with Gasteiger partial charge in [-0.05, 0) is 24.5 Å². The molecule has 0 radical (unpaired) electrons. The fourth-order valence-electron chi connectivity index (χ4n) is 2.24. The second kappa shape index (κ2) is 4.73. The number of para-hydroxylation sites is 1. The van der Waals surface area contributed by atoms with Gasteiger partial charge in [-0.3, -0.25) is 4.99 Å². The number of benzene rings is 1. The van der Waals surface area contributed by atoms with E-state index in [1.807, 2.05) is 11.0 Å². The van der Waals surface area contributed by atoms with Crippen LogP contribution in [-0.4, -0.2) is 18.5 Å². The second-order valence-electron chi connectivity index (χ2n) is 4.80. The van der Waals surface area contributed by atoms with Gasteiger partial charge in [0.1, 0.15) is 5.82 Å². The van der Waals surface area contributed by atoms with E-state index in [-0.39, 0.29) is 11.9 Å². The molecule has 2 rings (SSSR count). The van der Waals surface area contributed by atoms with E-state index in [9.17, 15) is 4.39 Å². The van der Waals surface area contributed by atoms with Crippen LogP contribution >= 0.6 is 0 Å². The van der Waals surface area contributed by atoms with Crippen LogP contribution in [0.5, 0.6) is 0 Å². The van der Waals surface area contributed by atoms with Crippen molar-refractivity contribution in [3.8, 4) is 0 Å². The third-order valence-electron chi connectivity index (χ3n) is 2.93.